The van der Waals surface area contributed by atoms with Gasteiger partial charge in [0.05, 0.1) is 38.5 Å². The quantitative estimate of drug-likeness (QED) is 0.751. The van der Waals surface area contributed by atoms with Gasteiger partial charge >= 0.3 is 0 Å². The summed E-state index contributed by atoms with van der Waals surface area (Å²) in [5.74, 6) is -0.172. The van der Waals surface area contributed by atoms with E-state index in [0.29, 0.717) is 12.2 Å². The number of nitrogens with zero attached hydrogens (tertiary/aromatic N) is 3. The molecule has 0 bridgehead atoms. The number of hydrogen-bond donors (Lipinski definition) is 2. The van der Waals surface area contributed by atoms with Crippen LogP contribution in [0.5, 0.6) is 0 Å². The Labute approximate surface area is 141 Å². The third-order valence-corrected chi connectivity index (χ3v) is 4.39. The topological polar surface area (TPSA) is 73.5 Å². The molecule has 0 unspecified atom stereocenters. The first-order valence-electron chi connectivity index (χ1n) is 8.40. The minimum Gasteiger partial charge on any atom is -0.370 e. The largest absolute Gasteiger partial charge is 0.370 e. The molecule has 1 fully saturated rings. The number of ether oxygens (including phenoxy) is 1. The van der Waals surface area contributed by atoms with Crippen LogP contribution >= 0.6 is 0 Å². The van der Waals surface area contributed by atoms with E-state index in [0.717, 1.165) is 38.4 Å². The molecule has 2 aromatic rings. The van der Waals surface area contributed by atoms with Gasteiger partial charge < -0.3 is 15.0 Å². The number of carbonyl (C=O) groups excluding carboxylic acids is 1. The maximum Gasteiger partial charge on any atom is 0.273 e. The summed E-state index contributed by atoms with van der Waals surface area (Å²) >= 11 is 0. The number of rotatable bonds is 6. The van der Waals surface area contributed by atoms with Gasteiger partial charge in [-0.2, -0.15) is 0 Å². The van der Waals surface area contributed by atoms with Gasteiger partial charge in [0.1, 0.15) is 13.1 Å². The fourth-order valence-corrected chi connectivity index (χ4v) is 2.81. The van der Waals surface area contributed by atoms with E-state index in [4.69, 9.17) is 4.74 Å². The van der Waals surface area contributed by atoms with E-state index >= 15 is 0 Å². The molecule has 128 valence electrons. The maximum atomic E-state index is 12.2. The van der Waals surface area contributed by atoms with Gasteiger partial charge in [0.2, 0.25) is 0 Å². The highest BCUT2D eigenvalue weighted by molar-refractivity contribution is 5.91. The molecule has 0 aliphatic carbocycles. The number of amides is 1. The average Bonchev–Trinajstić information content (AvgIpc) is 3.13. The molecule has 1 aromatic heterocycles. The lowest BCUT2D eigenvalue weighted by Crippen LogP contribution is -3.14. The van der Waals surface area contributed by atoms with E-state index in [1.165, 1.54) is 4.90 Å². The van der Waals surface area contributed by atoms with Crippen LogP contribution in [0.2, 0.25) is 0 Å². The van der Waals surface area contributed by atoms with Crippen molar-refractivity contribution in [2.45, 2.75) is 13.0 Å². The first kappa shape index (κ1) is 16.6. The highest BCUT2D eigenvalue weighted by Gasteiger charge is 2.16. The van der Waals surface area contributed by atoms with E-state index in [-0.39, 0.29) is 11.9 Å². The molecule has 7 nitrogen and oxygen atoms in total. The van der Waals surface area contributed by atoms with Gasteiger partial charge in [-0.3, -0.25) is 4.79 Å². The zero-order chi connectivity index (χ0) is 16.8. The molecule has 2 heterocycles. The van der Waals surface area contributed by atoms with Gasteiger partial charge in [-0.15, -0.1) is 5.10 Å². The second-order valence-corrected chi connectivity index (χ2v) is 6.04. The summed E-state index contributed by atoms with van der Waals surface area (Å²) in [6, 6.07) is 10.1. The second-order valence-electron chi connectivity index (χ2n) is 6.04. The summed E-state index contributed by atoms with van der Waals surface area (Å²) in [4.78, 5) is 13.7. The minimum absolute atomic E-state index is 0.0399. The van der Waals surface area contributed by atoms with Gasteiger partial charge in [-0.05, 0) is 12.5 Å². The van der Waals surface area contributed by atoms with Crippen molar-refractivity contribution in [2.24, 2.45) is 0 Å². The smallest absolute Gasteiger partial charge is 0.273 e. The fourth-order valence-electron chi connectivity index (χ4n) is 2.81. The molecule has 0 spiro atoms. The number of morpholine rings is 1. The lowest BCUT2D eigenvalue weighted by Gasteiger charge is -2.23. The fraction of sp³-hybridized carbons (Fsp3) is 0.471. The molecule has 7 heteroatoms. The summed E-state index contributed by atoms with van der Waals surface area (Å²) < 4.78 is 7.05. The van der Waals surface area contributed by atoms with Crippen LogP contribution in [0.1, 0.15) is 29.0 Å². The van der Waals surface area contributed by atoms with E-state index in [9.17, 15) is 4.79 Å². The van der Waals surface area contributed by atoms with Gasteiger partial charge in [0, 0.05) is 0 Å². The number of hydrogen-bond acceptors (Lipinski definition) is 4. The summed E-state index contributed by atoms with van der Waals surface area (Å²) in [7, 11) is 0. The molecular formula is C17H24N5O2+. The van der Waals surface area contributed by atoms with Crippen molar-refractivity contribution in [1.82, 2.24) is 20.3 Å². The first-order chi connectivity index (χ1) is 11.7. The molecule has 1 aromatic carbocycles. The van der Waals surface area contributed by atoms with E-state index in [1.54, 1.807) is 10.9 Å². The maximum absolute atomic E-state index is 12.2. The average molecular weight is 330 g/mol. The van der Waals surface area contributed by atoms with Crippen LogP contribution in [0, 0.1) is 0 Å². The standard InChI is InChI=1S/C17H23N5O2/c1-14(15-5-3-2-4-6-15)22-13-16(19-20-22)17(23)18-7-8-21-9-11-24-12-10-21/h2-6,13-14H,7-12H2,1H3,(H,18,23)/p+1/t14-/m1/s1. The Morgan fingerprint density at radius 2 is 2.08 bits per heavy atom. The van der Waals surface area contributed by atoms with Gasteiger partial charge in [-0.25, -0.2) is 4.68 Å². The Morgan fingerprint density at radius 3 is 2.83 bits per heavy atom. The third kappa shape index (κ3) is 4.18. The SMILES string of the molecule is C[C@H](c1ccccc1)n1cc(C(=O)NCC[NH+]2CCOCC2)nn1. The van der Waals surface area contributed by atoms with Crippen molar-refractivity contribution >= 4 is 5.91 Å². The Bertz CT molecular complexity index is 652. The number of benzene rings is 1. The number of carbonyl (C=O) groups is 1. The molecule has 1 amide bonds. The van der Waals surface area contributed by atoms with Gasteiger partial charge in [-0.1, -0.05) is 35.5 Å². The number of nitrogens with one attached hydrogen (secondary N) is 2. The minimum atomic E-state index is -0.172. The number of quaternary nitrogens is 1. The Morgan fingerprint density at radius 1 is 1.33 bits per heavy atom. The third-order valence-electron chi connectivity index (χ3n) is 4.39. The molecular weight excluding hydrogens is 306 g/mol. The summed E-state index contributed by atoms with van der Waals surface area (Å²) in [6.45, 7) is 7.18. The molecule has 1 atom stereocenters. The van der Waals surface area contributed by atoms with Crippen LogP contribution in [-0.2, 0) is 4.74 Å². The van der Waals surface area contributed by atoms with Gasteiger partial charge in [0.25, 0.3) is 5.91 Å². The van der Waals surface area contributed by atoms with Gasteiger partial charge in [0.15, 0.2) is 5.69 Å². The van der Waals surface area contributed by atoms with Crippen LogP contribution in [0.3, 0.4) is 0 Å². The molecule has 2 N–H and O–H groups in total. The molecule has 0 saturated carbocycles. The van der Waals surface area contributed by atoms with Crippen molar-refractivity contribution in [3.63, 3.8) is 0 Å². The summed E-state index contributed by atoms with van der Waals surface area (Å²) in [5.41, 5.74) is 1.49. The zero-order valence-corrected chi connectivity index (χ0v) is 13.9. The lowest BCUT2D eigenvalue weighted by atomic mass is 10.1. The lowest BCUT2D eigenvalue weighted by molar-refractivity contribution is -0.906. The van der Waals surface area contributed by atoms with Crippen molar-refractivity contribution in [1.29, 1.82) is 0 Å². The number of aromatic nitrogens is 3. The molecule has 1 aliphatic rings. The molecule has 3 rings (SSSR count). The van der Waals surface area contributed by atoms with Crippen LogP contribution in [-0.4, -0.2) is 60.3 Å². The molecule has 1 saturated heterocycles. The molecule has 24 heavy (non-hydrogen) atoms. The van der Waals surface area contributed by atoms with E-state index in [1.807, 2.05) is 37.3 Å². The summed E-state index contributed by atoms with van der Waals surface area (Å²) in [6.07, 6.45) is 1.70. The summed E-state index contributed by atoms with van der Waals surface area (Å²) in [5, 5.41) is 11.0. The van der Waals surface area contributed by atoms with Crippen molar-refractivity contribution in [2.75, 3.05) is 39.4 Å². The predicted molar refractivity (Wildman–Crippen MR) is 89.0 cm³/mol. The Balaban J connectivity index is 1.52. The van der Waals surface area contributed by atoms with Crippen molar-refractivity contribution < 1.29 is 14.4 Å². The van der Waals surface area contributed by atoms with Crippen LogP contribution < -0.4 is 10.2 Å². The van der Waals surface area contributed by atoms with Crippen molar-refractivity contribution in [3.8, 4) is 0 Å². The Kier molecular flexibility index (Phi) is 5.55. The van der Waals surface area contributed by atoms with Crippen LogP contribution in [0.4, 0.5) is 0 Å². The normalized spacial score (nSPS) is 16.7. The molecule has 0 radical (unpaired) electrons. The highest BCUT2D eigenvalue weighted by atomic mass is 16.5. The van der Waals surface area contributed by atoms with Crippen molar-refractivity contribution in [3.05, 3.63) is 47.8 Å². The van der Waals surface area contributed by atoms with Crippen LogP contribution in [0.25, 0.3) is 0 Å². The molecule has 1 aliphatic heterocycles. The zero-order valence-electron chi connectivity index (χ0n) is 13.9. The predicted octanol–water partition coefficient (Wildman–Crippen LogP) is -0.468. The highest BCUT2D eigenvalue weighted by Crippen LogP contribution is 2.16. The van der Waals surface area contributed by atoms with E-state index < -0.39 is 0 Å². The monoisotopic (exact) mass is 330 g/mol. The second kappa shape index (κ2) is 8.03. The van der Waals surface area contributed by atoms with Crippen LogP contribution in [0.15, 0.2) is 36.5 Å². The Hall–Kier alpha value is -2.25. The first-order valence-corrected chi connectivity index (χ1v) is 8.40. The van der Waals surface area contributed by atoms with E-state index in [2.05, 4.69) is 15.6 Å².